The van der Waals surface area contributed by atoms with E-state index in [2.05, 4.69) is 5.32 Å². The third-order valence-corrected chi connectivity index (χ3v) is 4.18. The van der Waals surface area contributed by atoms with Crippen molar-refractivity contribution in [2.24, 2.45) is 0 Å². The first-order valence-corrected chi connectivity index (χ1v) is 7.51. The minimum absolute atomic E-state index is 0.0245. The van der Waals surface area contributed by atoms with Crippen LogP contribution in [-0.2, 0) is 9.59 Å². The average molecular weight is 311 g/mol. The van der Waals surface area contributed by atoms with E-state index in [1.54, 1.807) is 25.1 Å². The van der Waals surface area contributed by atoms with Crippen LogP contribution >= 0.6 is 11.6 Å². The lowest BCUT2D eigenvalue weighted by atomic mass is 10.2. The molecule has 0 aliphatic carbocycles. The van der Waals surface area contributed by atoms with Crippen molar-refractivity contribution in [1.82, 2.24) is 4.90 Å². The monoisotopic (exact) mass is 310 g/mol. The molecule has 0 spiro atoms. The Morgan fingerprint density at radius 1 is 1.33 bits per heavy atom. The van der Waals surface area contributed by atoms with Crippen LogP contribution in [0.25, 0.3) is 0 Å². The van der Waals surface area contributed by atoms with Crippen molar-refractivity contribution >= 4 is 29.1 Å². The quantitative estimate of drug-likeness (QED) is 0.850. The van der Waals surface area contributed by atoms with Crippen LogP contribution in [0, 0.1) is 0 Å². The number of benzene rings is 1. The van der Waals surface area contributed by atoms with Crippen molar-refractivity contribution < 1.29 is 14.5 Å². The van der Waals surface area contributed by atoms with E-state index in [4.69, 9.17) is 11.6 Å². The molecule has 1 aromatic rings. The fourth-order valence-electron chi connectivity index (χ4n) is 2.54. The molecule has 1 atom stereocenters. The van der Waals surface area contributed by atoms with E-state index in [0.717, 1.165) is 13.1 Å². The zero-order valence-electron chi connectivity index (χ0n) is 12.4. The second-order valence-electron chi connectivity index (χ2n) is 5.39. The molecule has 5 nitrogen and oxygen atoms in total. The predicted molar refractivity (Wildman–Crippen MR) is 82.5 cm³/mol. The van der Waals surface area contributed by atoms with Crippen LogP contribution in [0.5, 0.6) is 0 Å². The molecule has 114 valence electrons. The summed E-state index contributed by atoms with van der Waals surface area (Å²) in [6.07, 6.45) is 0. The molecule has 6 heteroatoms. The molecule has 1 aliphatic rings. The zero-order valence-corrected chi connectivity index (χ0v) is 13.1. The molecule has 0 aromatic heterocycles. The fraction of sp³-hybridized carbons (Fsp3) is 0.467. The summed E-state index contributed by atoms with van der Waals surface area (Å²) >= 11 is 5.91. The highest BCUT2D eigenvalue weighted by Crippen LogP contribution is 2.14. The van der Waals surface area contributed by atoms with Gasteiger partial charge in [-0.15, -0.1) is 0 Å². The van der Waals surface area contributed by atoms with Crippen LogP contribution in [0.1, 0.15) is 13.8 Å². The van der Waals surface area contributed by atoms with Crippen LogP contribution in [0.3, 0.4) is 0 Å². The van der Waals surface area contributed by atoms with Crippen molar-refractivity contribution in [3.63, 3.8) is 0 Å². The highest BCUT2D eigenvalue weighted by Gasteiger charge is 2.29. The van der Waals surface area contributed by atoms with Gasteiger partial charge in [0.15, 0.2) is 6.04 Å². The molecule has 1 aromatic carbocycles. The van der Waals surface area contributed by atoms with E-state index >= 15 is 0 Å². The largest absolute Gasteiger partial charge is 0.332 e. The van der Waals surface area contributed by atoms with E-state index in [9.17, 15) is 9.59 Å². The molecule has 0 unspecified atom stereocenters. The van der Waals surface area contributed by atoms with Gasteiger partial charge < -0.3 is 15.1 Å². The summed E-state index contributed by atoms with van der Waals surface area (Å²) in [7, 11) is 0. The highest BCUT2D eigenvalue weighted by atomic mass is 35.5. The molecule has 2 amide bonds. The van der Waals surface area contributed by atoms with Crippen molar-refractivity contribution in [3.8, 4) is 0 Å². The predicted octanol–water partition coefficient (Wildman–Crippen LogP) is 0.414. The first kappa shape index (κ1) is 15.8. The van der Waals surface area contributed by atoms with Crippen LogP contribution in [-0.4, -0.2) is 48.9 Å². The first-order valence-electron chi connectivity index (χ1n) is 7.14. The summed E-state index contributed by atoms with van der Waals surface area (Å²) in [4.78, 5) is 26.6. The number of carbonyl (C=O) groups excluding carboxylic acids is 2. The normalized spacial score (nSPS) is 17.4. The number of rotatable bonds is 3. The number of nitrogens with one attached hydrogen (secondary N) is 2. The summed E-state index contributed by atoms with van der Waals surface area (Å²) in [6, 6.07) is 6.97. The van der Waals surface area contributed by atoms with Crippen molar-refractivity contribution in [1.29, 1.82) is 0 Å². The van der Waals surface area contributed by atoms with Gasteiger partial charge in [0.05, 0.1) is 26.2 Å². The molecule has 1 heterocycles. The van der Waals surface area contributed by atoms with E-state index in [0.29, 0.717) is 23.8 Å². The van der Waals surface area contributed by atoms with Gasteiger partial charge in [-0.3, -0.25) is 9.59 Å². The lowest BCUT2D eigenvalue weighted by molar-refractivity contribution is -0.917. The summed E-state index contributed by atoms with van der Waals surface area (Å²) in [6.45, 7) is 6.51. The Morgan fingerprint density at radius 3 is 2.57 bits per heavy atom. The number of anilines is 1. The standard InChI is InChI=1S/C15H20ClN3O2/c1-11(18-6-8-19(9-7-18)12(2)20)15(21)17-14-5-3-4-13(16)10-14/h3-5,10-11H,6-9H2,1-2H3,(H,17,21)/p+1/t11-/m1/s1. The number of piperazine rings is 1. The average Bonchev–Trinajstić information content (AvgIpc) is 2.46. The number of nitrogens with zero attached hydrogens (tertiary/aromatic N) is 1. The Kier molecular flexibility index (Phi) is 5.20. The number of hydrogen-bond donors (Lipinski definition) is 2. The summed E-state index contributed by atoms with van der Waals surface area (Å²) < 4.78 is 0. The molecule has 0 bridgehead atoms. The Labute approximate surface area is 129 Å². The second kappa shape index (κ2) is 6.91. The minimum atomic E-state index is -0.155. The van der Waals surface area contributed by atoms with E-state index in [-0.39, 0.29) is 17.9 Å². The van der Waals surface area contributed by atoms with Gasteiger partial charge in [0.25, 0.3) is 5.91 Å². The molecule has 0 radical (unpaired) electrons. The van der Waals surface area contributed by atoms with Gasteiger partial charge in [0, 0.05) is 17.6 Å². The Morgan fingerprint density at radius 2 is 2.00 bits per heavy atom. The van der Waals surface area contributed by atoms with Crippen LogP contribution in [0.15, 0.2) is 24.3 Å². The van der Waals surface area contributed by atoms with Gasteiger partial charge in [-0.2, -0.15) is 0 Å². The summed E-state index contributed by atoms with van der Waals surface area (Å²) in [5, 5.41) is 3.49. The Balaban J connectivity index is 1.90. The topological polar surface area (TPSA) is 53.9 Å². The van der Waals surface area contributed by atoms with Crippen LogP contribution in [0.2, 0.25) is 5.02 Å². The van der Waals surface area contributed by atoms with Crippen molar-refractivity contribution in [2.45, 2.75) is 19.9 Å². The third-order valence-electron chi connectivity index (χ3n) is 3.95. The number of halogens is 1. The van der Waals surface area contributed by atoms with E-state index < -0.39 is 0 Å². The summed E-state index contributed by atoms with van der Waals surface area (Å²) in [5.41, 5.74) is 0.709. The molecule has 2 N–H and O–H groups in total. The lowest BCUT2D eigenvalue weighted by Crippen LogP contribution is -3.19. The third kappa shape index (κ3) is 4.19. The maximum atomic E-state index is 12.3. The maximum Gasteiger partial charge on any atom is 0.282 e. The Hall–Kier alpha value is -1.59. The van der Waals surface area contributed by atoms with Crippen LogP contribution in [0.4, 0.5) is 5.69 Å². The van der Waals surface area contributed by atoms with Gasteiger partial charge in [0.2, 0.25) is 5.91 Å². The number of quaternary nitrogens is 1. The number of hydrogen-bond acceptors (Lipinski definition) is 2. The van der Waals surface area contributed by atoms with Crippen LogP contribution < -0.4 is 10.2 Å². The molecule has 1 saturated heterocycles. The lowest BCUT2D eigenvalue weighted by Gasteiger charge is -2.34. The molecule has 0 saturated carbocycles. The van der Waals surface area contributed by atoms with Gasteiger partial charge >= 0.3 is 0 Å². The van der Waals surface area contributed by atoms with E-state index in [1.165, 1.54) is 4.90 Å². The Bertz CT molecular complexity index is 527. The van der Waals surface area contributed by atoms with Gasteiger partial charge in [-0.05, 0) is 25.1 Å². The molecule has 2 rings (SSSR count). The summed E-state index contributed by atoms with van der Waals surface area (Å²) in [5.74, 6) is 0.0774. The fourth-order valence-corrected chi connectivity index (χ4v) is 2.73. The van der Waals surface area contributed by atoms with Crippen molar-refractivity contribution in [3.05, 3.63) is 29.3 Å². The maximum absolute atomic E-state index is 12.3. The molecule has 21 heavy (non-hydrogen) atoms. The van der Waals surface area contributed by atoms with Gasteiger partial charge in [-0.1, -0.05) is 17.7 Å². The molecule has 1 aliphatic heterocycles. The van der Waals surface area contributed by atoms with Gasteiger partial charge in [-0.25, -0.2) is 0 Å². The minimum Gasteiger partial charge on any atom is -0.332 e. The van der Waals surface area contributed by atoms with E-state index in [1.807, 2.05) is 17.9 Å². The van der Waals surface area contributed by atoms with Gasteiger partial charge in [0.1, 0.15) is 0 Å². The highest BCUT2D eigenvalue weighted by molar-refractivity contribution is 6.30. The van der Waals surface area contributed by atoms with Crippen molar-refractivity contribution in [2.75, 3.05) is 31.5 Å². The molecular formula is C15H21ClN3O2+. The number of amides is 2. The molecule has 1 fully saturated rings. The number of carbonyl (C=O) groups is 2. The first-order chi connectivity index (χ1) is 9.97. The zero-order chi connectivity index (χ0) is 15.4. The SMILES string of the molecule is CC(=O)N1CC[NH+]([C@H](C)C(=O)Nc2cccc(Cl)c2)CC1. The smallest absolute Gasteiger partial charge is 0.282 e. The second-order valence-corrected chi connectivity index (χ2v) is 5.82. The molecular weight excluding hydrogens is 290 g/mol.